The molecule has 1 atom stereocenters. The number of hydrogen-bond acceptors (Lipinski definition) is 4. The van der Waals surface area contributed by atoms with Gasteiger partial charge < -0.3 is 20.1 Å². The fourth-order valence-corrected chi connectivity index (χ4v) is 1.11. The molecule has 5 nitrogen and oxygen atoms in total. The van der Waals surface area contributed by atoms with Gasteiger partial charge in [-0.15, -0.1) is 0 Å². The molecule has 1 rings (SSSR count). The van der Waals surface area contributed by atoms with E-state index in [0.29, 0.717) is 6.61 Å². The number of benzene rings is 1. The van der Waals surface area contributed by atoms with E-state index < -0.39 is 12.1 Å². The van der Waals surface area contributed by atoms with Gasteiger partial charge in [-0.2, -0.15) is 0 Å². The van der Waals surface area contributed by atoms with E-state index in [0.717, 1.165) is 0 Å². The van der Waals surface area contributed by atoms with E-state index in [2.05, 4.69) is 0 Å². The predicted octanol–water partition coefficient (Wildman–Crippen LogP) is 0.260. The summed E-state index contributed by atoms with van der Waals surface area (Å²) in [4.78, 5) is 10.5. The predicted molar refractivity (Wildman–Crippen MR) is 59.0 cm³/mol. The van der Waals surface area contributed by atoms with E-state index in [1.54, 1.807) is 6.92 Å². The quantitative estimate of drug-likeness (QED) is 0.653. The molecule has 0 aliphatic rings. The Hall–Kier alpha value is -0.750. The molecule has 84 valence electrons. The van der Waals surface area contributed by atoms with Gasteiger partial charge in [0, 0.05) is 0 Å². The van der Waals surface area contributed by atoms with Crippen LogP contribution in [0.25, 0.3) is 0 Å². The van der Waals surface area contributed by atoms with Gasteiger partial charge in [0.15, 0.2) is 17.6 Å². The van der Waals surface area contributed by atoms with Crippen molar-refractivity contribution in [1.82, 2.24) is 0 Å². The number of carbonyl (C=O) groups is 1. The van der Waals surface area contributed by atoms with Crippen LogP contribution in [0, 0.1) is 0 Å². The van der Waals surface area contributed by atoms with Crippen molar-refractivity contribution in [2.45, 2.75) is 13.0 Å². The van der Waals surface area contributed by atoms with Crippen LogP contribution in [0.2, 0.25) is 0 Å². The second-order valence-corrected chi connectivity index (χ2v) is 2.90. The molecule has 0 bridgehead atoms. The molecule has 0 saturated carbocycles. The summed E-state index contributed by atoms with van der Waals surface area (Å²) >= 11 is 0. The van der Waals surface area contributed by atoms with Crippen molar-refractivity contribution in [2.75, 3.05) is 6.61 Å². The molecule has 1 aromatic carbocycles. The van der Waals surface area contributed by atoms with E-state index in [4.69, 9.17) is 9.84 Å². The van der Waals surface area contributed by atoms with Gasteiger partial charge in [-0.05, 0) is 24.6 Å². The Morgan fingerprint density at radius 1 is 1.50 bits per heavy atom. The molecule has 6 heteroatoms. The standard InChI is InChI=1S/C10H12O5.Na.H/c1-2-15-8-5-6(3-4-7(8)11)9(12)10(13)14;;/h3-5,9,11-12H,2H2,1H3,(H,13,14);;/t9-;;/m1../s1. The Bertz CT molecular complexity index is 366. The third kappa shape index (κ3) is 3.68. The number of rotatable bonds is 4. The van der Waals surface area contributed by atoms with Crippen LogP contribution in [0.15, 0.2) is 18.2 Å². The first kappa shape index (κ1) is 15.2. The van der Waals surface area contributed by atoms with Gasteiger partial charge in [0.25, 0.3) is 0 Å². The Balaban J connectivity index is 0.00000225. The van der Waals surface area contributed by atoms with Crippen molar-refractivity contribution in [3.05, 3.63) is 23.8 Å². The van der Waals surface area contributed by atoms with Crippen molar-refractivity contribution in [2.24, 2.45) is 0 Å². The monoisotopic (exact) mass is 236 g/mol. The number of carboxylic acid groups (broad SMARTS) is 1. The molecule has 0 heterocycles. The molecule has 0 fully saturated rings. The first-order chi connectivity index (χ1) is 7.06. The van der Waals surface area contributed by atoms with Crippen molar-refractivity contribution in [3.8, 4) is 11.5 Å². The van der Waals surface area contributed by atoms with Crippen molar-refractivity contribution in [3.63, 3.8) is 0 Å². The number of hydrogen-bond donors (Lipinski definition) is 3. The minimum absolute atomic E-state index is 0. The van der Waals surface area contributed by atoms with Gasteiger partial charge in [0.1, 0.15) is 0 Å². The van der Waals surface area contributed by atoms with Gasteiger partial charge in [-0.3, -0.25) is 0 Å². The number of carboxylic acids is 1. The molecule has 0 spiro atoms. The Morgan fingerprint density at radius 3 is 2.62 bits per heavy atom. The summed E-state index contributed by atoms with van der Waals surface area (Å²) in [6.07, 6.45) is -1.61. The van der Waals surface area contributed by atoms with Crippen LogP contribution in [0.1, 0.15) is 18.6 Å². The summed E-state index contributed by atoms with van der Waals surface area (Å²) in [5, 5.41) is 27.1. The minimum atomic E-state index is -1.61. The van der Waals surface area contributed by atoms with E-state index in [-0.39, 0.29) is 46.6 Å². The molecule has 0 amide bonds. The third-order valence-electron chi connectivity index (χ3n) is 1.83. The number of aliphatic hydroxyl groups excluding tert-OH is 1. The van der Waals surface area contributed by atoms with E-state index in [1.807, 2.05) is 0 Å². The average molecular weight is 236 g/mol. The normalized spacial score (nSPS) is 11.4. The Kier molecular flexibility index (Phi) is 6.43. The summed E-state index contributed by atoms with van der Waals surface area (Å²) in [7, 11) is 0. The molecule has 0 saturated heterocycles. The summed E-state index contributed by atoms with van der Waals surface area (Å²) in [6.45, 7) is 2.08. The summed E-state index contributed by atoms with van der Waals surface area (Å²) in [5.74, 6) is -1.27. The molecule has 0 aliphatic carbocycles. The number of aliphatic hydroxyl groups is 1. The second-order valence-electron chi connectivity index (χ2n) is 2.90. The zero-order valence-electron chi connectivity index (χ0n) is 8.17. The molecule has 0 unspecified atom stereocenters. The van der Waals surface area contributed by atoms with Crippen LogP contribution in [-0.4, -0.2) is 57.5 Å². The second kappa shape index (κ2) is 6.75. The molecular weight excluding hydrogens is 223 g/mol. The van der Waals surface area contributed by atoms with Crippen molar-refractivity contribution >= 4 is 35.5 Å². The van der Waals surface area contributed by atoms with Crippen LogP contribution in [0.4, 0.5) is 0 Å². The Morgan fingerprint density at radius 2 is 2.12 bits per heavy atom. The Labute approximate surface area is 115 Å². The van der Waals surface area contributed by atoms with Crippen LogP contribution >= 0.6 is 0 Å². The SMILES string of the molecule is CCOc1cc([C@@H](O)C(=O)O)ccc1O.[NaH]. The summed E-state index contributed by atoms with van der Waals surface area (Å²) < 4.78 is 5.05. The molecule has 0 aliphatic heterocycles. The molecule has 0 aromatic heterocycles. The third-order valence-corrected chi connectivity index (χ3v) is 1.83. The summed E-state index contributed by atoms with van der Waals surface area (Å²) in [5.41, 5.74) is 0.170. The molecule has 0 radical (unpaired) electrons. The molecule has 1 aromatic rings. The first-order valence-electron chi connectivity index (χ1n) is 4.42. The van der Waals surface area contributed by atoms with Gasteiger partial charge in [-0.1, -0.05) is 6.07 Å². The van der Waals surface area contributed by atoms with Crippen LogP contribution < -0.4 is 4.74 Å². The topological polar surface area (TPSA) is 87.0 Å². The number of aromatic hydroxyl groups is 1. The van der Waals surface area contributed by atoms with E-state index in [9.17, 15) is 15.0 Å². The molecule has 3 N–H and O–H groups in total. The maximum absolute atomic E-state index is 10.5. The zero-order chi connectivity index (χ0) is 11.4. The van der Waals surface area contributed by atoms with Gasteiger partial charge in [-0.25, -0.2) is 4.79 Å². The zero-order valence-corrected chi connectivity index (χ0v) is 8.17. The molecule has 16 heavy (non-hydrogen) atoms. The maximum atomic E-state index is 10.5. The average Bonchev–Trinajstić information content (AvgIpc) is 2.20. The van der Waals surface area contributed by atoms with Gasteiger partial charge in [0.2, 0.25) is 0 Å². The summed E-state index contributed by atoms with van der Waals surface area (Å²) in [6, 6.07) is 3.92. The number of phenols is 1. The van der Waals surface area contributed by atoms with Gasteiger partial charge in [0.05, 0.1) is 6.61 Å². The van der Waals surface area contributed by atoms with Crippen molar-refractivity contribution in [1.29, 1.82) is 0 Å². The van der Waals surface area contributed by atoms with Crippen LogP contribution in [0.3, 0.4) is 0 Å². The number of phenolic OH excluding ortho intramolecular Hbond substituents is 1. The number of aliphatic carboxylic acids is 1. The van der Waals surface area contributed by atoms with Crippen LogP contribution in [0.5, 0.6) is 11.5 Å². The molecular formula is C10H13NaO5. The van der Waals surface area contributed by atoms with E-state index in [1.165, 1.54) is 18.2 Å². The fraction of sp³-hybridized carbons (Fsp3) is 0.300. The van der Waals surface area contributed by atoms with E-state index >= 15 is 0 Å². The van der Waals surface area contributed by atoms with Gasteiger partial charge >= 0.3 is 35.5 Å². The first-order valence-corrected chi connectivity index (χ1v) is 4.42. The van der Waals surface area contributed by atoms with Crippen LogP contribution in [-0.2, 0) is 4.79 Å². The van der Waals surface area contributed by atoms with Crippen molar-refractivity contribution < 1.29 is 24.9 Å². The number of ether oxygens (including phenoxy) is 1. The fourth-order valence-electron chi connectivity index (χ4n) is 1.11.